The lowest BCUT2D eigenvalue weighted by Gasteiger charge is -2.20. The van der Waals surface area contributed by atoms with Crippen LogP contribution in [-0.2, 0) is 0 Å². The Morgan fingerprint density at radius 1 is 1.15 bits per heavy atom. The fourth-order valence-corrected chi connectivity index (χ4v) is 2.57. The molecule has 0 atom stereocenters. The predicted molar refractivity (Wildman–Crippen MR) is 84.6 cm³/mol. The van der Waals surface area contributed by atoms with Gasteiger partial charge in [0.15, 0.2) is 0 Å². The number of likely N-dealkylation sites (N-methyl/N-ethyl adjacent to an activating group) is 1. The standard InChI is InChI=1S/C16H17NO2S/c1-17(11-5-9-14-10-6-12-20-14)15(16(18)19)13-7-3-2-4-8-13/h2-10,12,18-19H,11H2,1H3/b9-5+. The third-order valence-corrected chi connectivity index (χ3v) is 3.68. The molecule has 2 N–H and O–H groups in total. The quantitative estimate of drug-likeness (QED) is 0.812. The van der Waals surface area contributed by atoms with Gasteiger partial charge in [-0.25, -0.2) is 0 Å². The third kappa shape index (κ3) is 3.65. The molecule has 1 aromatic heterocycles. The Morgan fingerprint density at radius 3 is 2.50 bits per heavy atom. The fraction of sp³-hybridized carbons (Fsp3) is 0.125. The second kappa shape index (κ2) is 6.82. The maximum atomic E-state index is 9.49. The van der Waals surface area contributed by atoms with E-state index in [1.54, 1.807) is 16.2 Å². The van der Waals surface area contributed by atoms with Crippen molar-refractivity contribution in [2.24, 2.45) is 0 Å². The van der Waals surface area contributed by atoms with E-state index in [1.165, 1.54) is 4.88 Å². The Kier molecular flexibility index (Phi) is 4.85. The van der Waals surface area contributed by atoms with E-state index in [-0.39, 0.29) is 0 Å². The molecule has 4 heteroatoms. The van der Waals surface area contributed by atoms with E-state index in [4.69, 9.17) is 0 Å². The van der Waals surface area contributed by atoms with Crippen molar-refractivity contribution < 1.29 is 10.2 Å². The zero-order valence-corrected chi connectivity index (χ0v) is 12.0. The van der Waals surface area contributed by atoms with E-state index in [0.717, 1.165) is 5.56 Å². The van der Waals surface area contributed by atoms with Crippen molar-refractivity contribution in [1.82, 2.24) is 4.90 Å². The average molecular weight is 287 g/mol. The van der Waals surface area contributed by atoms with Gasteiger partial charge in [-0.1, -0.05) is 42.5 Å². The molecule has 0 saturated heterocycles. The number of rotatable bonds is 5. The summed E-state index contributed by atoms with van der Waals surface area (Å²) < 4.78 is 0. The van der Waals surface area contributed by atoms with Crippen molar-refractivity contribution in [3.8, 4) is 0 Å². The third-order valence-electron chi connectivity index (χ3n) is 2.85. The molecule has 0 bridgehead atoms. The number of thiophene rings is 1. The highest BCUT2D eigenvalue weighted by molar-refractivity contribution is 7.10. The number of nitrogens with zero attached hydrogens (tertiary/aromatic N) is 1. The van der Waals surface area contributed by atoms with Crippen LogP contribution in [0.2, 0.25) is 0 Å². The predicted octanol–water partition coefficient (Wildman–Crippen LogP) is 4.14. The van der Waals surface area contributed by atoms with Crippen LogP contribution in [-0.4, -0.2) is 28.7 Å². The lowest BCUT2D eigenvalue weighted by atomic mass is 10.1. The van der Waals surface area contributed by atoms with Crippen LogP contribution in [0.4, 0.5) is 0 Å². The van der Waals surface area contributed by atoms with E-state index in [2.05, 4.69) is 0 Å². The zero-order valence-electron chi connectivity index (χ0n) is 11.2. The van der Waals surface area contributed by atoms with Gasteiger partial charge in [0.25, 0.3) is 5.95 Å². The van der Waals surface area contributed by atoms with E-state index in [0.29, 0.717) is 12.2 Å². The molecule has 20 heavy (non-hydrogen) atoms. The molecule has 0 amide bonds. The number of aliphatic hydroxyl groups is 2. The minimum Gasteiger partial charge on any atom is -0.480 e. The molecule has 1 heterocycles. The van der Waals surface area contributed by atoms with Crippen LogP contribution < -0.4 is 0 Å². The molecule has 0 saturated carbocycles. The summed E-state index contributed by atoms with van der Waals surface area (Å²) in [7, 11) is 1.83. The normalized spacial score (nSPS) is 10.7. The van der Waals surface area contributed by atoms with Crippen molar-refractivity contribution in [2.45, 2.75) is 0 Å². The van der Waals surface area contributed by atoms with Gasteiger partial charge in [0.05, 0.1) is 0 Å². The SMILES string of the molecule is CN(C/C=C/c1cccs1)C(=C(O)O)c1ccccc1. The summed E-state index contributed by atoms with van der Waals surface area (Å²) in [6.45, 7) is 0.590. The molecule has 0 unspecified atom stereocenters. The van der Waals surface area contributed by atoms with Crippen molar-refractivity contribution in [2.75, 3.05) is 13.6 Å². The van der Waals surface area contributed by atoms with Crippen LogP contribution in [0, 0.1) is 0 Å². The van der Waals surface area contributed by atoms with Gasteiger partial charge in [0.1, 0.15) is 5.70 Å². The van der Waals surface area contributed by atoms with Gasteiger partial charge in [-0.3, -0.25) is 0 Å². The molecule has 2 rings (SSSR count). The highest BCUT2D eigenvalue weighted by atomic mass is 32.1. The Balaban J connectivity index is 2.09. The first-order chi connectivity index (χ1) is 9.68. The topological polar surface area (TPSA) is 43.7 Å². The minimum absolute atomic E-state index is 0.418. The summed E-state index contributed by atoms with van der Waals surface area (Å²) in [5.74, 6) is -0.664. The second-order valence-electron chi connectivity index (χ2n) is 4.34. The largest absolute Gasteiger partial charge is 0.480 e. The first kappa shape index (κ1) is 14.2. The van der Waals surface area contributed by atoms with Crippen LogP contribution in [0.1, 0.15) is 10.4 Å². The Bertz CT molecular complexity index is 584. The van der Waals surface area contributed by atoms with Gasteiger partial charge in [-0.15, -0.1) is 11.3 Å². The zero-order chi connectivity index (χ0) is 14.4. The summed E-state index contributed by atoms with van der Waals surface area (Å²) in [5, 5.41) is 21.0. The van der Waals surface area contributed by atoms with Crippen LogP contribution in [0.25, 0.3) is 11.8 Å². The molecule has 1 aromatic carbocycles. The molecule has 2 aromatic rings. The molecule has 104 valence electrons. The summed E-state index contributed by atoms with van der Waals surface area (Å²) in [4.78, 5) is 2.98. The lowest BCUT2D eigenvalue weighted by Crippen LogP contribution is -2.18. The van der Waals surface area contributed by atoms with E-state index in [1.807, 2.05) is 67.0 Å². The number of aliphatic hydroxyl groups excluding tert-OH is 1. The first-order valence-electron chi connectivity index (χ1n) is 6.27. The van der Waals surface area contributed by atoms with Gasteiger partial charge in [-0.05, 0) is 17.5 Å². The minimum atomic E-state index is -0.664. The van der Waals surface area contributed by atoms with E-state index >= 15 is 0 Å². The maximum Gasteiger partial charge on any atom is 0.299 e. The Labute approximate surface area is 122 Å². The van der Waals surface area contributed by atoms with Gasteiger partial charge in [-0.2, -0.15) is 0 Å². The average Bonchev–Trinajstić information content (AvgIpc) is 2.93. The van der Waals surface area contributed by atoms with Crippen LogP contribution in [0.15, 0.2) is 59.9 Å². The molecule has 0 aliphatic heterocycles. The Morgan fingerprint density at radius 2 is 1.90 bits per heavy atom. The molecular formula is C16H17NO2S. The summed E-state index contributed by atoms with van der Waals surface area (Å²) in [6.07, 6.45) is 4.02. The number of hydrogen-bond acceptors (Lipinski definition) is 4. The van der Waals surface area contributed by atoms with Crippen LogP contribution in [0.5, 0.6) is 0 Å². The fourth-order valence-electron chi connectivity index (χ4n) is 1.92. The molecule has 0 fully saturated rings. The molecule has 0 radical (unpaired) electrons. The van der Waals surface area contributed by atoms with Crippen LogP contribution >= 0.6 is 11.3 Å². The summed E-state index contributed by atoms with van der Waals surface area (Å²) >= 11 is 1.67. The molecule has 0 spiro atoms. The maximum absolute atomic E-state index is 9.49. The van der Waals surface area contributed by atoms with E-state index in [9.17, 15) is 10.2 Å². The van der Waals surface area contributed by atoms with Gasteiger partial charge < -0.3 is 15.1 Å². The number of hydrogen-bond donors (Lipinski definition) is 2. The van der Waals surface area contributed by atoms with Gasteiger partial charge >= 0.3 is 0 Å². The summed E-state index contributed by atoms with van der Waals surface area (Å²) in [5.41, 5.74) is 1.20. The molecule has 0 aliphatic rings. The van der Waals surface area contributed by atoms with E-state index < -0.39 is 5.95 Å². The Hall–Kier alpha value is -2.20. The molecule has 3 nitrogen and oxygen atoms in total. The monoisotopic (exact) mass is 287 g/mol. The van der Waals surface area contributed by atoms with Crippen molar-refractivity contribution in [1.29, 1.82) is 0 Å². The smallest absolute Gasteiger partial charge is 0.299 e. The van der Waals surface area contributed by atoms with Crippen molar-refractivity contribution in [3.63, 3.8) is 0 Å². The second-order valence-corrected chi connectivity index (χ2v) is 5.32. The highest BCUT2D eigenvalue weighted by Crippen LogP contribution is 2.20. The van der Waals surface area contributed by atoms with Crippen LogP contribution in [0.3, 0.4) is 0 Å². The van der Waals surface area contributed by atoms with Crippen molar-refractivity contribution in [3.05, 3.63) is 70.3 Å². The molecule has 0 aliphatic carbocycles. The van der Waals surface area contributed by atoms with Gasteiger partial charge in [0.2, 0.25) is 0 Å². The highest BCUT2D eigenvalue weighted by Gasteiger charge is 2.12. The lowest BCUT2D eigenvalue weighted by molar-refractivity contribution is 0.186. The van der Waals surface area contributed by atoms with Crippen molar-refractivity contribution >= 4 is 23.1 Å². The molecular weight excluding hydrogens is 270 g/mol. The number of benzene rings is 1. The summed E-state index contributed by atoms with van der Waals surface area (Å²) in [6, 6.07) is 13.4. The van der Waals surface area contributed by atoms with Gasteiger partial charge in [0, 0.05) is 24.0 Å². The first-order valence-corrected chi connectivity index (χ1v) is 7.15.